The highest BCUT2D eigenvalue weighted by atomic mass is 35.5. The van der Waals surface area contributed by atoms with Crippen LogP contribution in [0.3, 0.4) is 0 Å². The van der Waals surface area contributed by atoms with Crippen LogP contribution in [-0.4, -0.2) is 16.5 Å². The molecular formula is C17H30ClN3. The molecule has 120 valence electrons. The number of aromatic nitrogens is 2. The lowest BCUT2D eigenvalue weighted by atomic mass is 10.1. The Morgan fingerprint density at radius 1 is 1.00 bits per heavy atom. The van der Waals surface area contributed by atoms with Gasteiger partial charge in [-0.25, -0.2) is 9.97 Å². The second-order valence-corrected chi connectivity index (χ2v) is 6.34. The van der Waals surface area contributed by atoms with Crippen molar-refractivity contribution in [3.8, 4) is 0 Å². The number of unbranched alkanes of at least 4 members (excludes halogenated alkanes) is 7. The number of hydrogen-bond acceptors (Lipinski definition) is 3. The van der Waals surface area contributed by atoms with E-state index in [2.05, 4.69) is 36.1 Å². The molecular weight excluding hydrogens is 282 g/mol. The maximum Gasteiger partial charge on any atom is 0.138 e. The molecule has 1 heterocycles. The Kier molecular flexibility index (Phi) is 9.40. The molecule has 0 aliphatic carbocycles. The molecule has 21 heavy (non-hydrogen) atoms. The lowest BCUT2D eigenvalue weighted by Crippen LogP contribution is -2.08. The van der Waals surface area contributed by atoms with Crippen molar-refractivity contribution in [2.24, 2.45) is 0 Å². The summed E-state index contributed by atoms with van der Waals surface area (Å²) in [4.78, 5) is 8.39. The molecule has 0 fully saturated rings. The summed E-state index contributed by atoms with van der Waals surface area (Å²) in [6.45, 7) is 7.45. The molecule has 0 radical (unpaired) electrons. The van der Waals surface area contributed by atoms with Crippen LogP contribution in [0.2, 0.25) is 5.15 Å². The van der Waals surface area contributed by atoms with Gasteiger partial charge in [0.1, 0.15) is 17.3 Å². The standard InChI is InChI=1S/C17H30ClN3/c1-4-5-6-7-8-9-10-11-12-19-17-15(14(2)3)16(18)20-13-21-17/h13-14H,4-12H2,1-3H3,(H,19,20,21). The molecule has 1 aromatic heterocycles. The van der Waals surface area contributed by atoms with Crippen LogP contribution in [0, 0.1) is 0 Å². The van der Waals surface area contributed by atoms with Crippen LogP contribution < -0.4 is 5.32 Å². The molecule has 0 atom stereocenters. The first-order chi connectivity index (χ1) is 10.2. The maximum absolute atomic E-state index is 6.16. The molecule has 0 saturated heterocycles. The van der Waals surface area contributed by atoms with E-state index >= 15 is 0 Å². The normalized spacial score (nSPS) is 11.1. The van der Waals surface area contributed by atoms with E-state index in [-0.39, 0.29) is 0 Å². The van der Waals surface area contributed by atoms with Gasteiger partial charge in [-0.3, -0.25) is 0 Å². The van der Waals surface area contributed by atoms with Gasteiger partial charge < -0.3 is 5.32 Å². The summed E-state index contributed by atoms with van der Waals surface area (Å²) in [6, 6.07) is 0. The summed E-state index contributed by atoms with van der Waals surface area (Å²) in [5.74, 6) is 1.23. The zero-order chi connectivity index (χ0) is 15.5. The van der Waals surface area contributed by atoms with Crippen molar-refractivity contribution in [3.05, 3.63) is 17.0 Å². The van der Waals surface area contributed by atoms with E-state index in [9.17, 15) is 0 Å². The van der Waals surface area contributed by atoms with Crippen LogP contribution >= 0.6 is 11.6 Å². The Morgan fingerprint density at radius 2 is 1.62 bits per heavy atom. The van der Waals surface area contributed by atoms with Gasteiger partial charge in [-0.2, -0.15) is 0 Å². The maximum atomic E-state index is 6.16. The summed E-state index contributed by atoms with van der Waals surface area (Å²) < 4.78 is 0. The fraction of sp³-hybridized carbons (Fsp3) is 0.765. The van der Waals surface area contributed by atoms with Crippen molar-refractivity contribution in [2.45, 2.75) is 78.1 Å². The summed E-state index contributed by atoms with van der Waals surface area (Å²) in [6.07, 6.45) is 12.2. The van der Waals surface area contributed by atoms with Crippen LogP contribution in [-0.2, 0) is 0 Å². The molecule has 1 N–H and O–H groups in total. The second kappa shape index (κ2) is 10.8. The zero-order valence-electron chi connectivity index (χ0n) is 13.8. The molecule has 0 saturated carbocycles. The summed E-state index contributed by atoms with van der Waals surface area (Å²) in [5.41, 5.74) is 1.03. The number of nitrogens with one attached hydrogen (secondary N) is 1. The average Bonchev–Trinajstić information content (AvgIpc) is 2.45. The number of hydrogen-bond donors (Lipinski definition) is 1. The monoisotopic (exact) mass is 311 g/mol. The molecule has 1 aromatic rings. The van der Waals surface area contributed by atoms with Gasteiger partial charge in [0.05, 0.1) is 0 Å². The fourth-order valence-corrected chi connectivity index (χ4v) is 2.84. The number of halogens is 1. The van der Waals surface area contributed by atoms with E-state index in [0.717, 1.165) is 17.9 Å². The summed E-state index contributed by atoms with van der Waals surface area (Å²) >= 11 is 6.16. The van der Waals surface area contributed by atoms with Gasteiger partial charge in [-0.1, -0.05) is 77.3 Å². The Labute approximate surface area is 134 Å². The van der Waals surface area contributed by atoms with E-state index in [4.69, 9.17) is 11.6 Å². The molecule has 0 aliphatic heterocycles. The van der Waals surface area contributed by atoms with Gasteiger partial charge in [0.25, 0.3) is 0 Å². The first-order valence-corrected chi connectivity index (χ1v) is 8.78. The molecule has 0 bridgehead atoms. The van der Waals surface area contributed by atoms with Gasteiger partial charge in [0.15, 0.2) is 0 Å². The third-order valence-electron chi connectivity index (χ3n) is 3.74. The van der Waals surface area contributed by atoms with Crippen LogP contribution in [0.15, 0.2) is 6.33 Å². The van der Waals surface area contributed by atoms with Crippen molar-refractivity contribution in [3.63, 3.8) is 0 Å². The average molecular weight is 312 g/mol. The highest BCUT2D eigenvalue weighted by Crippen LogP contribution is 2.27. The Hall–Kier alpha value is -0.830. The number of rotatable bonds is 11. The minimum Gasteiger partial charge on any atom is -0.370 e. The first-order valence-electron chi connectivity index (χ1n) is 8.41. The lowest BCUT2D eigenvalue weighted by molar-refractivity contribution is 0.581. The fourth-order valence-electron chi connectivity index (χ4n) is 2.49. The smallest absolute Gasteiger partial charge is 0.138 e. The van der Waals surface area contributed by atoms with Gasteiger partial charge in [0.2, 0.25) is 0 Å². The number of anilines is 1. The molecule has 4 heteroatoms. The van der Waals surface area contributed by atoms with E-state index in [0.29, 0.717) is 11.1 Å². The Bertz CT molecular complexity index is 394. The topological polar surface area (TPSA) is 37.8 Å². The molecule has 0 amide bonds. The predicted octanol–water partition coefficient (Wildman–Crippen LogP) is 5.81. The third-order valence-corrected chi connectivity index (χ3v) is 4.04. The number of nitrogens with zero attached hydrogens (tertiary/aromatic N) is 2. The third kappa shape index (κ3) is 7.12. The minimum absolute atomic E-state index is 0.333. The van der Waals surface area contributed by atoms with Crippen molar-refractivity contribution in [1.82, 2.24) is 9.97 Å². The van der Waals surface area contributed by atoms with Gasteiger partial charge >= 0.3 is 0 Å². The molecule has 1 rings (SSSR count). The first kappa shape index (κ1) is 18.2. The van der Waals surface area contributed by atoms with Gasteiger partial charge in [0, 0.05) is 12.1 Å². The van der Waals surface area contributed by atoms with Crippen molar-refractivity contribution >= 4 is 17.4 Å². The van der Waals surface area contributed by atoms with Crippen LogP contribution in [0.5, 0.6) is 0 Å². The SMILES string of the molecule is CCCCCCCCCCNc1ncnc(Cl)c1C(C)C. The molecule has 0 aliphatic rings. The zero-order valence-corrected chi connectivity index (χ0v) is 14.5. The van der Waals surface area contributed by atoms with Crippen LogP contribution in [0.25, 0.3) is 0 Å². The van der Waals surface area contributed by atoms with E-state index in [1.807, 2.05) is 0 Å². The molecule has 3 nitrogen and oxygen atoms in total. The minimum atomic E-state index is 0.333. The van der Waals surface area contributed by atoms with Gasteiger partial charge in [-0.05, 0) is 12.3 Å². The Morgan fingerprint density at radius 3 is 2.24 bits per heavy atom. The quantitative estimate of drug-likeness (QED) is 0.414. The molecule has 0 spiro atoms. The highest BCUT2D eigenvalue weighted by Gasteiger charge is 2.12. The van der Waals surface area contributed by atoms with Crippen LogP contribution in [0.4, 0.5) is 5.82 Å². The van der Waals surface area contributed by atoms with Crippen molar-refractivity contribution < 1.29 is 0 Å². The molecule has 0 aromatic carbocycles. The van der Waals surface area contributed by atoms with E-state index in [1.165, 1.54) is 57.7 Å². The molecule has 0 unspecified atom stereocenters. The van der Waals surface area contributed by atoms with Crippen LogP contribution in [0.1, 0.15) is 83.6 Å². The van der Waals surface area contributed by atoms with Gasteiger partial charge in [-0.15, -0.1) is 0 Å². The van der Waals surface area contributed by atoms with Crippen molar-refractivity contribution in [1.29, 1.82) is 0 Å². The predicted molar refractivity (Wildman–Crippen MR) is 92.2 cm³/mol. The summed E-state index contributed by atoms with van der Waals surface area (Å²) in [7, 11) is 0. The Balaban J connectivity index is 2.20. The second-order valence-electron chi connectivity index (χ2n) is 5.98. The largest absolute Gasteiger partial charge is 0.370 e. The lowest BCUT2D eigenvalue weighted by Gasteiger charge is -2.14. The van der Waals surface area contributed by atoms with E-state index in [1.54, 1.807) is 0 Å². The van der Waals surface area contributed by atoms with E-state index < -0.39 is 0 Å². The summed E-state index contributed by atoms with van der Waals surface area (Å²) in [5, 5.41) is 3.98. The van der Waals surface area contributed by atoms with Crippen molar-refractivity contribution in [2.75, 3.05) is 11.9 Å². The highest BCUT2D eigenvalue weighted by molar-refractivity contribution is 6.30.